The maximum absolute atomic E-state index is 14.4. The standard InChI is InChI=1S/C44H61N5O9/c1-44(2,3)58-43(56)48-36(28-33-20-22-34(57-5)23-21-33)42(55)49(4)37(29-32-17-11-7-12-18-32)41(54)47-35(27-31-15-9-6-10-16-31)38(51)30-40(53)45-24-14-8-13-19-39(52)46-25-26-50/h6-7,9-12,15-18,20-23,35-38,50-51H,8,13-14,19,24-30H2,1-5H3,(H,45,53)(H,46,52)(H,47,54)(H,48,56)/t35-,36-,37-,38-/m0/s1. The van der Waals surface area contributed by atoms with Gasteiger partial charge < -0.3 is 45.9 Å². The lowest BCUT2D eigenvalue weighted by Gasteiger charge is -2.33. The maximum atomic E-state index is 14.4. The summed E-state index contributed by atoms with van der Waals surface area (Å²) in [6.07, 6.45) is 0.333. The molecule has 0 saturated heterocycles. The van der Waals surface area contributed by atoms with Gasteiger partial charge in [0.1, 0.15) is 23.4 Å². The van der Waals surface area contributed by atoms with Gasteiger partial charge in [-0.15, -0.1) is 0 Å². The quantitative estimate of drug-likeness (QED) is 0.0779. The Labute approximate surface area is 342 Å². The molecule has 0 radical (unpaired) electrons. The first kappa shape index (κ1) is 46.9. The maximum Gasteiger partial charge on any atom is 0.408 e. The van der Waals surface area contributed by atoms with Crippen molar-refractivity contribution in [2.75, 3.05) is 33.9 Å². The van der Waals surface area contributed by atoms with E-state index in [0.717, 1.165) is 16.7 Å². The predicted molar refractivity (Wildman–Crippen MR) is 221 cm³/mol. The molecule has 0 aliphatic carbocycles. The van der Waals surface area contributed by atoms with Crippen molar-refractivity contribution in [3.63, 3.8) is 0 Å². The average Bonchev–Trinajstić information content (AvgIpc) is 3.19. The summed E-state index contributed by atoms with van der Waals surface area (Å²) < 4.78 is 10.8. The molecule has 316 valence electrons. The molecule has 0 aliphatic rings. The summed E-state index contributed by atoms with van der Waals surface area (Å²) >= 11 is 0. The van der Waals surface area contributed by atoms with Crippen LogP contribution in [0.3, 0.4) is 0 Å². The number of unbranched alkanes of at least 4 members (excludes halogenated alkanes) is 2. The van der Waals surface area contributed by atoms with E-state index in [4.69, 9.17) is 14.6 Å². The number of hydrogen-bond donors (Lipinski definition) is 6. The third-order valence-electron chi connectivity index (χ3n) is 9.30. The molecule has 0 saturated carbocycles. The summed E-state index contributed by atoms with van der Waals surface area (Å²) in [6, 6.07) is 22.4. The molecule has 14 heteroatoms. The van der Waals surface area contributed by atoms with Crippen LogP contribution in [0.5, 0.6) is 5.75 Å². The van der Waals surface area contributed by atoms with E-state index in [-0.39, 0.29) is 44.7 Å². The van der Waals surface area contributed by atoms with Crippen LogP contribution in [0.15, 0.2) is 84.9 Å². The SMILES string of the molecule is COc1ccc(C[C@H](NC(=O)OC(C)(C)C)C(=O)N(C)[C@@H](Cc2ccccc2)C(=O)N[C@@H](Cc2ccccc2)[C@@H](O)CC(=O)NCCCCCC(=O)NCCO)cc1. The topological polar surface area (TPSA) is 196 Å². The summed E-state index contributed by atoms with van der Waals surface area (Å²) in [4.78, 5) is 68.0. The number of aliphatic hydroxyl groups is 2. The summed E-state index contributed by atoms with van der Waals surface area (Å²) in [7, 11) is 3.05. The Morgan fingerprint density at radius 3 is 1.90 bits per heavy atom. The molecule has 3 aromatic rings. The molecule has 0 bridgehead atoms. The molecule has 5 amide bonds. The second-order valence-electron chi connectivity index (χ2n) is 15.2. The molecule has 0 spiro atoms. The number of carbonyl (C=O) groups is 5. The van der Waals surface area contributed by atoms with Crippen LogP contribution in [-0.4, -0.2) is 109 Å². The van der Waals surface area contributed by atoms with E-state index in [0.29, 0.717) is 38.0 Å². The number of likely N-dealkylation sites (N-methyl/N-ethyl adjacent to an activating group) is 1. The van der Waals surface area contributed by atoms with Crippen LogP contribution in [-0.2, 0) is 43.2 Å². The van der Waals surface area contributed by atoms with Crippen molar-refractivity contribution >= 4 is 29.7 Å². The van der Waals surface area contributed by atoms with E-state index in [9.17, 15) is 29.1 Å². The van der Waals surface area contributed by atoms with Gasteiger partial charge in [0.2, 0.25) is 23.6 Å². The number of alkyl carbamates (subject to hydrolysis) is 1. The zero-order valence-electron chi connectivity index (χ0n) is 34.4. The fourth-order valence-corrected chi connectivity index (χ4v) is 6.22. The minimum Gasteiger partial charge on any atom is -0.497 e. The monoisotopic (exact) mass is 803 g/mol. The molecule has 58 heavy (non-hydrogen) atoms. The first-order valence-electron chi connectivity index (χ1n) is 19.8. The van der Waals surface area contributed by atoms with Crippen molar-refractivity contribution in [1.82, 2.24) is 26.2 Å². The number of aliphatic hydroxyl groups excluding tert-OH is 2. The van der Waals surface area contributed by atoms with Crippen LogP contribution in [0, 0.1) is 0 Å². The Kier molecular flexibility index (Phi) is 19.7. The third-order valence-corrected chi connectivity index (χ3v) is 9.30. The van der Waals surface area contributed by atoms with Gasteiger partial charge in [-0.1, -0.05) is 79.2 Å². The Morgan fingerprint density at radius 2 is 1.31 bits per heavy atom. The van der Waals surface area contributed by atoms with Gasteiger partial charge in [0.05, 0.1) is 32.3 Å². The van der Waals surface area contributed by atoms with Crippen molar-refractivity contribution in [3.05, 3.63) is 102 Å². The van der Waals surface area contributed by atoms with Gasteiger partial charge in [0.25, 0.3) is 0 Å². The predicted octanol–water partition coefficient (Wildman–Crippen LogP) is 3.46. The highest BCUT2D eigenvalue weighted by Crippen LogP contribution is 2.18. The van der Waals surface area contributed by atoms with Crippen molar-refractivity contribution in [2.45, 2.75) is 102 Å². The van der Waals surface area contributed by atoms with Crippen LogP contribution in [0.25, 0.3) is 0 Å². The van der Waals surface area contributed by atoms with Crippen LogP contribution >= 0.6 is 0 Å². The van der Waals surface area contributed by atoms with Gasteiger partial charge in [-0.2, -0.15) is 0 Å². The average molecular weight is 804 g/mol. The number of rotatable bonds is 23. The van der Waals surface area contributed by atoms with E-state index < -0.39 is 53.6 Å². The zero-order chi connectivity index (χ0) is 42.5. The molecule has 3 rings (SSSR count). The normalized spacial score (nSPS) is 13.2. The minimum absolute atomic E-state index is 0.0938. The van der Waals surface area contributed by atoms with Crippen molar-refractivity contribution < 1.29 is 43.7 Å². The van der Waals surface area contributed by atoms with Gasteiger partial charge in [0.15, 0.2) is 0 Å². The number of ether oxygens (including phenoxy) is 2. The van der Waals surface area contributed by atoms with Gasteiger partial charge in [0, 0.05) is 39.4 Å². The van der Waals surface area contributed by atoms with E-state index in [1.54, 1.807) is 52.1 Å². The second-order valence-corrected chi connectivity index (χ2v) is 15.2. The summed E-state index contributed by atoms with van der Waals surface area (Å²) in [5.74, 6) is -1.00. The molecule has 0 heterocycles. The largest absolute Gasteiger partial charge is 0.497 e. The first-order valence-corrected chi connectivity index (χ1v) is 19.8. The highest BCUT2D eigenvalue weighted by Gasteiger charge is 2.35. The first-order chi connectivity index (χ1) is 27.7. The molecule has 4 atom stereocenters. The number of nitrogens with zero attached hydrogens (tertiary/aromatic N) is 1. The summed E-state index contributed by atoms with van der Waals surface area (Å²) in [5.41, 5.74) is 1.50. The van der Waals surface area contributed by atoms with Gasteiger partial charge >= 0.3 is 6.09 Å². The molecule has 0 aliphatic heterocycles. The third kappa shape index (κ3) is 17.3. The Morgan fingerprint density at radius 1 is 0.724 bits per heavy atom. The van der Waals surface area contributed by atoms with Crippen LogP contribution in [0.4, 0.5) is 4.79 Å². The number of benzene rings is 3. The number of nitrogens with one attached hydrogen (secondary N) is 4. The smallest absolute Gasteiger partial charge is 0.408 e. The van der Waals surface area contributed by atoms with Gasteiger partial charge in [-0.3, -0.25) is 19.2 Å². The fourth-order valence-electron chi connectivity index (χ4n) is 6.22. The fraction of sp³-hybridized carbons (Fsp3) is 0.477. The van der Waals surface area contributed by atoms with Crippen molar-refractivity contribution in [2.24, 2.45) is 0 Å². The molecule has 0 fully saturated rings. The minimum atomic E-state index is -1.28. The molecule has 6 N–H and O–H groups in total. The molecule has 14 nitrogen and oxygen atoms in total. The zero-order valence-corrected chi connectivity index (χ0v) is 34.4. The Balaban J connectivity index is 1.81. The van der Waals surface area contributed by atoms with E-state index >= 15 is 0 Å². The lowest BCUT2D eigenvalue weighted by molar-refractivity contribution is -0.141. The van der Waals surface area contributed by atoms with E-state index in [2.05, 4.69) is 21.3 Å². The molecular weight excluding hydrogens is 743 g/mol. The summed E-state index contributed by atoms with van der Waals surface area (Å²) in [6.45, 7) is 5.60. The number of carbonyl (C=O) groups excluding carboxylic acids is 5. The van der Waals surface area contributed by atoms with Gasteiger partial charge in [-0.05, 0) is 68.9 Å². The number of hydrogen-bond acceptors (Lipinski definition) is 9. The van der Waals surface area contributed by atoms with Crippen LogP contribution in [0.2, 0.25) is 0 Å². The second kappa shape index (κ2) is 24.3. The highest BCUT2D eigenvalue weighted by atomic mass is 16.6. The van der Waals surface area contributed by atoms with Crippen molar-refractivity contribution in [1.29, 1.82) is 0 Å². The van der Waals surface area contributed by atoms with Crippen LogP contribution in [0.1, 0.15) is 69.6 Å². The van der Waals surface area contributed by atoms with Crippen LogP contribution < -0.4 is 26.0 Å². The number of amides is 5. The molecular formula is C44H61N5O9. The number of methoxy groups -OCH3 is 1. The lowest BCUT2D eigenvalue weighted by atomic mass is 9.97. The Hall–Kier alpha value is -5.47. The highest BCUT2D eigenvalue weighted by molar-refractivity contribution is 5.92. The molecule has 0 unspecified atom stereocenters. The van der Waals surface area contributed by atoms with E-state index in [1.807, 2.05) is 60.7 Å². The lowest BCUT2D eigenvalue weighted by Crippen LogP contribution is -2.58. The van der Waals surface area contributed by atoms with Crippen molar-refractivity contribution in [3.8, 4) is 5.75 Å². The Bertz CT molecular complexity index is 1720. The van der Waals surface area contributed by atoms with E-state index in [1.165, 1.54) is 11.9 Å². The molecule has 3 aromatic carbocycles. The molecule has 0 aromatic heterocycles. The van der Waals surface area contributed by atoms with Gasteiger partial charge in [-0.25, -0.2) is 4.79 Å². The summed E-state index contributed by atoms with van der Waals surface area (Å²) in [5, 5.41) is 31.4.